The quantitative estimate of drug-likeness (QED) is 0.260. The number of hydrogen-bond acceptors (Lipinski definition) is 8. The lowest BCUT2D eigenvalue weighted by Crippen LogP contribution is -2.53. The van der Waals surface area contributed by atoms with Gasteiger partial charge in [-0.1, -0.05) is 23.7 Å². The minimum absolute atomic E-state index is 0.290. The van der Waals surface area contributed by atoms with Crippen molar-refractivity contribution < 1.29 is 24.6 Å². The van der Waals surface area contributed by atoms with Crippen LogP contribution in [0.15, 0.2) is 36.5 Å². The van der Waals surface area contributed by atoms with Gasteiger partial charge in [-0.25, -0.2) is 15.4 Å². The van der Waals surface area contributed by atoms with E-state index in [1.807, 2.05) is 36.1 Å². The van der Waals surface area contributed by atoms with Crippen molar-refractivity contribution in [2.75, 3.05) is 37.7 Å². The number of amides is 2. The van der Waals surface area contributed by atoms with Crippen molar-refractivity contribution in [2.45, 2.75) is 32.3 Å². The molecule has 2 atom stereocenters. The minimum atomic E-state index is -1.65. The Kier molecular flexibility index (Phi) is 9.43. The van der Waals surface area contributed by atoms with Crippen LogP contribution in [0.25, 0.3) is 0 Å². The van der Waals surface area contributed by atoms with Gasteiger partial charge in [0.1, 0.15) is 17.0 Å². The van der Waals surface area contributed by atoms with Crippen molar-refractivity contribution >= 4 is 29.4 Å². The lowest BCUT2D eigenvalue weighted by molar-refractivity contribution is -0.151. The normalized spacial score (nSPS) is 15.5. The molecule has 10 nitrogen and oxygen atoms in total. The zero-order valence-electron chi connectivity index (χ0n) is 19.1. The molecule has 34 heavy (non-hydrogen) atoms. The third kappa shape index (κ3) is 6.78. The third-order valence-corrected chi connectivity index (χ3v) is 5.99. The number of piperazine rings is 1. The SMILES string of the molecule is CCOc1ccc(CCCC(C(=O)N2CCN(c3nccc(Cl)n3)CC2)C(O)C(=O)NO)cc1. The van der Waals surface area contributed by atoms with Crippen LogP contribution in [-0.2, 0) is 16.0 Å². The second kappa shape index (κ2) is 12.5. The van der Waals surface area contributed by atoms with Gasteiger partial charge >= 0.3 is 0 Å². The van der Waals surface area contributed by atoms with Gasteiger partial charge < -0.3 is 19.6 Å². The summed E-state index contributed by atoms with van der Waals surface area (Å²) in [6.07, 6.45) is 1.47. The van der Waals surface area contributed by atoms with Crippen molar-refractivity contribution in [1.29, 1.82) is 0 Å². The molecular formula is C23H30ClN5O5. The fourth-order valence-corrected chi connectivity index (χ4v) is 4.08. The first-order chi connectivity index (χ1) is 16.4. The molecule has 11 heteroatoms. The molecule has 1 aromatic heterocycles. The summed E-state index contributed by atoms with van der Waals surface area (Å²) < 4.78 is 5.44. The number of aliphatic hydroxyl groups excluding tert-OH is 1. The molecular weight excluding hydrogens is 462 g/mol. The number of nitrogens with one attached hydrogen (secondary N) is 1. The number of carbonyl (C=O) groups is 2. The van der Waals surface area contributed by atoms with Gasteiger partial charge in [-0.2, -0.15) is 0 Å². The van der Waals surface area contributed by atoms with Crippen LogP contribution in [0.4, 0.5) is 5.95 Å². The molecule has 1 saturated heterocycles. The highest BCUT2D eigenvalue weighted by Gasteiger charge is 2.35. The van der Waals surface area contributed by atoms with Gasteiger partial charge in [0.15, 0.2) is 0 Å². The minimum Gasteiger partial charge on any atom is -0.494 e. The fourth-order valence-electron chi connectivity index (χ4n) is 3.95. The average Bonchev–Trinajstić information content (AvgIpc) is 2.86. The van der Waals surface area contributed by atoms with Gasteiger partial charge in [0.05, 0.1) is 12.5 Å². The molecule has 0 aliphatic carbocycles. The maximum atomic E-state index is 13.2. The smallest absolute Gasteiger partial charge is 0.272 e. The number of aromatic nitrogens is 2. The van der Waals surface area contributed by atoms with E-state index in [9.17, 15) is 14.7 Å². The van der Waals surface area contributed by atoms with E-state index in [1.54, 1.807) is 17.2 Å². The Balaban J connectivity index is 1.59. The lowest BCUT2D eigenvalue weighted by Gasteiger charge is -2.37. The Morgan fingerprint density at radius 2 is 1.88 bits per heavy atom. The summed E-state index contributed by atoms with van der Waals surface area (Å²) in [6, 6.07) is 9.28. The van der Waals surface area contributed by atoms with Gasteiger partial charge in [-0.3, -0.25) is 14.8 Å². The molecule has 3 rings (SSSR count). The van der Waals surface area contributed by atoms with Crippen molar-refractivity contribution in [3.8, 4) is 5.75 Å². The molecule has 0 spiro atoms. The molecule has 0 radical (unpaired) electrons. The first-order valence-electron chi connectivity index (χ1n) is 11.3. The predicted octanol–water partition coefficient (Wildman–Crippen LogP) is 1.68. The van der Waals surface area contributed by atoms with E-state index in [1.165, 1.54) is 5.48 Å². The largest absolute Gasteiger partial charge is 0.494 e. The highest BCUT2D eigenvalue weighted by molar-refractivity contribution is 6.29. The number of carbonyl (C=O) groups excluding carboxylic acids is 2. The van der Waals surface area contributed by atoms with Gasteiger partial charge in [0.2, 0.25) is 11.9 Å². The second-order valence-electron chi connectivity index (χ2n) is 7.99. The molecule has 2 amide bonds. The highest BCUT2D eigenvalue weighted by Crippen LogP contribution is 2.21. The van der Waals surface area contributed by atoms with E-state index in [2.05, 4.69) is 9.97 Å². The number of rotatable bonds is 10. The Morgan fingerprint density at radius 1 is 1.18 bits per heavy atom. The summed E-state index contributed by atoms with van der Waals surface area (Å²) >= 11 is 5.94. The van der Waals surface area contributed by atoms with E-state index in [4.69, 9.17) is 21.5 Å². The van der Waals surface area contributed by atoms with E-state index >= 15 is 0 Å². The van der Waals surface area contributed by atoms with Crippen LogP contribution < -0.4 is 15.1 Å². The molecule has 1 aliphatic rings. The van der Waals surface area contributed by atoms with Crippen LogP contribution in [0.1, 0.15) is 25.3 Å². The average molecular weight is 492 g/mol. The van der Waals surface area contributed by atoms with Crippen molar-refractivity contribution in [1.82, 2.24) is 20.3 Å². The Hall–Kier alpha value is -2.95. The number of hydroxylamine groups is 1. The molecule has 184 valence electrons. The summed E-state index contributed by atoms with van der Waals surface area (Å²) in [5.74, 6) is -1.01. The lowest BCUT2D eigenvalue weighted by atomic mass is 9.92. The van der Waals surface area contributed by atoms with Crippen LogP contribution in [0.2, 0.25) is 5.15 Å². The molecule has 2 unspecified atom stereocenters. The topological polar surface area (TPSA) is 128 Å². The number of aryl methyl sites for hydroxylation is 1. The number of halogens is 1. The summed E-state index contributed by atoms with van der Waals surface area (Å²) in [5, 5.41) is 19.8. The summed E-state index contributed by atoms with van der Waals surface area (Å²) in [5.41, 5.74) is 2.51. The van der Waals surface area contributed by atoms with E-state index in [0.717, 1.165) is 11.3 Å². The van der Waals surface area contributed by atoms with E-state index in [-0.39, 0.29) is 12.3 Å². The predicted molar refractivity (Wildman–Crippen MR) is 126 cm³/mol. The van der Waals surface area contributed by atoms with Crippen LogP contribution in [-0.4, -0.2) is 75.9 Å². The standard InChI is InChI=1S/C23H30ClN5O5/c1-2-34-17-8-6-16(7-9-17)4-3-5-18(20(30)21(31)27-33)22(32)28-12-14-29(15-13-28)23-25-11-10-19(24)26-23/h6-11,18,20,30,33H,2-5,12-15H2,1H3,(H,27,31). The Morgan fingerprint density at radius 3 is 2.50 bits per heavy atom. The molecule has 3 N–H and O–H groups in total. The zero-order chi connectivity index (χ0) is 24.5. The van der Waals surface area contributed by atoms with Crippen LogP contribution in [0.5, 0.6) is 5.75 Å². The van der Waals surface area contributed by atoms with Crippen LogP contribution in [0.3, 0.4) is 0 Å². The number of aliphatic hydroxyl groups is 1. The maximum absolute atomic E-state index is 13.2. The summed E-state index contributed by atoms with van der Waals surface area (Å²) in [4.78, 5) is 37.1. The summed E-state index contributed by atoms with van der Waals surface area (Å²) in [7, 11) is 0. The number of ether oxygens (including phenoxy) is 1. The van der Waals surface area contributed by atoms with E-state index in [0.29, 0.717) is 56.7 Å². The number of anilines is 1. The number of nitrogens with zero attached hydrogens (tertiary/aromatic N) is 4. The van der Waals surface area contributed by atoms with Gasteiger partial charge in [-0.15, -0.1) is 0 Å². The molecule has 2 heterocycles. The monoisotopic (exact) mass is 491 g/mol. The second-order valence-corrected chi connectivity index (χ2v) is 8.38. The molecule has 2 aromatic rings. The van der Waals surface area contributed by atoms with Crippen molar-refractivity contribution in [3.05, 3.63) is 47.2 Å². The van der Waals surface area contributed by atoms with Gasteiger partial charge in [0, 0.05) is 32.4 Å². The maximum Gasteiger partial charge on any atom is 0.272 e. The first-order valence-corrected chi connectivity index (χ1v) is 11.7. The fraction of sp³-hybridized carbons (Fsp3) is 0.478. The van der Waals surface area contributed by atoms with Gasteiger partial charge in [0.25, 0.3) is 5.91 Å². The Bertz CT molecular complexity index is 953. The first kappa shape index (κ1) is 25.7. The van der Waals surface area contributed by atoms with Crippen LogP contribution >= 0.6 is 11.6 Å². The molecule has 0 saturated carbocycles. The van der Waals surface area contributed by atoms with Crippen molar-refractivity contribution in [2.24, 2.45) is 5.92 Å². The van der Waals surface area contributed by atoms with Crippen molar-refractivity contribution in [3.63, 3.8) is 0 Å². The summed E-state index contributed by atoms with van der Waals surface area (Å²) in [6.45, 7) is 4.27. The van der Waals surface area contributed by atoms with E-state index < -0.39 is 17.9 Å². The number of benzene rings is 1. The Labute approximate surface area is 203 Å². The van der Waals surface area contributed by atoms with Crippen LogP contribution in [0, 0.1) is 5.92 Å². The highest BCUT2D eigenvalue weighted by atomic mass is 35.5. The molecule has 1 aliphatic heterocycles. The molecule has 1 aromatic carbocycles. The molecule has 1 fully saturated rings. The third-order valence-electron chi connectivity index (χ3n) is 5.78. The van der Waals surface area contributed by atoms with Gasteiger partial charge in [-0.05, 0) is 49.9 Å². The zero-order valence-corrected chi connectivity index (χ0v) is 19.8. The molecule has 0 bridgehead atoms. The number of hydrogen-bond donors (Lipinski definition) is 3.